The molecular formula is C14H15N5O. The summed E-state index contributed by atoms with van der Waals surface area (Å²) in [5.41, 5.74) is 8.59. The van der Waals surface area contributed by atoms with Crippen LogP contribution >= 0.6 is 0 Å². The molecule has 3 aromatic rings. The van der Waals surface area contributed by atoms with Crippen LogP contribution in [0.5, 0.6) is 0 Å². The number of nitrogens with two attached hydrogens (primary N) is 1. The first-order valence-electron chi connectivity index (χ1n) is 6.75. The monoisotopic (exact) mass is 269 g/mol. The highest BCUT2D eigenvalue weighted by Crippen LogP contribution is 2.41. The van der Waals surface area contributed by atoms with E-state index in [1.165, 1.54) is 12.8 Å². The van der Waals surface area contributed by atoms with Crippen LogP contribution in [0.4, 0.5) is 5.69 Å². The molecule has 1 aromatic carbocycles. The Labute approximate surface area is 115 Å². The third-order valence-corrected chi connectivity index (χ3v) is 3.61. The van der Waals surface area contributed by atoms with Crippen molar-refractivity contribution in [1.82, 2.24) is 19.7 Å². The van der Waals surface area contributed by atoms with Crippen molar-refractivity contribution < 1.29 is 4.52 Å². The quantitative estimate of drug-likeness (QED) is 0.737. The molecule has 102 valence electrons. The standard InChI is InChI=1S/C14H15N5O/c1-8-16-13(18-20-8)7-19-12-5-4-10(15)6-11(12)17-14(19)9-2-3-9/h4-6,9H,2-3,7,15H2,1H3. The molecule has 0 bridgehead atoms. The minimum atomic E-state index is 0.552. The van der Waals surface area contributed by atoms with Gasteiger partial charge in [-0.1, -0.05) is 5.16 Å². The molecule has 0 saturated heterocycles. The van der Waals surface area contributed by atoms with Crippen molar-refractivity contribution >= 4 is 16.7 Å². The summed E-state index contributed by atoms with van der Waals surface area (Å²) >= 11 is 0. The number of hydrogen-bond acceptors (Lipinski definition) is 5. The van der Waals surface area contributed by atoms with Gasteiger partial charge < -0.3 is 14.8 Å². The summed E-state index contributed by atoms with van der Waals surface area (Å²) in [6, 6.07) is 5.83. The van der Waals surface area contributed by atoms with Gasteiger partial charge in [-0.3, -0.25) is 0 Å². The average molecular weight is 269 g/mol. The van der Waals surface area contributed by atoms with E-state index in [9.17, 15) is 0 Å². The second-order valence-corrected chi connectivity index (χ2v) is 5.31. The molecule has 6 nitrogen and oxygen atoms in total. The lowest BCUT2D eigenvalue weighted by Crippen LogP contribution is -2.05. The fourth-order valence-corrected chi connectivity index (χ4v) is 2.53. The van der Waals surface area contributed by atoms with Crippen LogP contribution < -0.4 is 5.73 Å². The molecule has 0 unspecified atom stereocenters. The molecule has 6 heteroatoms. The summed E-state index contributed by atoms with van der Waals surface area (Å²) in [6.45, 7) is 2.38. The zero-order valence-electron chi connectivity index (χ0n) is 11.2. The fraction of sp³-hybridized carbons (Fsp3) is 0.357. The molecule has 2 heterocycles. The molecule has 0 aliphatic heterocycles. The van der Waals surface area contributed by atoms with E-state index in [0.29, 0.717) is 24.2 Å². The van der Waals surface area contributed by atoms with Gasteiger partial charge in [0.2, 0.25) is 5.89 Å². The molecule has 2 N–H and O–H groups in total. The second kappa shape index (κ2) is 4.06. The number of aryl methyl sites for hydroxylation is 1. The van der Waals surface area contributed by atoms with Crippen molar-refractivity contribution in [3.05, 3.63) is 35.7 Å². The number of rotatable bonds is 3. The molecule has 0 atom stereocenters. The van der Waals surface area contributed by atoms with Crippen molar-refractivity contribution in [3.63, 3.8) is 0 Å². The van der Waals surface area contributed by atoms with Gasteiger partial charge in [-0.15, -0.1) is 0 Å². The lowest BCUT2D eigenvalue weighted by Gasteiger charge is -2.05. The maximum atomic E-state index is 5.84. The van der Waals surface area contributed by atoms with Crippen LogP contribution in [0.15, 0.2) is 22.7 Å². The topological polar surface area (TPSA) is 82.8 Å². The molecule has 4 rings (SSSR count). The van der Waals surface area contributed by atoms with Gasteiger partial charge in [-0.2, -0.15) is 4.98 Å². The maximum Gasteiger partial charge on any atom is 0.223 e. The summed E-state index contributed by atoms with van der Waals surface area (Å²) in [4.78, 5) is 9.01. The van der Waals surface area contributed by atoms with Crippen LogP contribution in [-0.4, -0.2) is 19.7 Å². The number of fused-ring (bicyclic) bond motifs is 1. The van der Waals surface area contributed by atoms with E-state index in [4.69, 9.17) is 15.2 Å². The third kappa shape index (κ3) is 1.84. The highest BCUT2D eigenvalue weighted by molar-refractivity contribution is 5.80. The Bertz CT molecular complexity index is 784. The molecule has 0 radical (unpaired) electrons. The average Bonchev–Trinajstić information content (AvgIpc) is 3.10. The molecule has 2 aromatic heterocycles. The summed E-state index contributed by atoms with van der Waals surface area (Å²) in [6.07, 6.45) is 2.40. The number of imidazole rings is 1. The Morgan fingerprint density at radius 1 is 1.35 bits per heavy atom. The van der Waals surface area contributed by atoms with E-state index in [1.54, 1.807) is 6.92 Å². The molecule has 0 amide bonds. The van der Waals surface area contributed by atoms with Crippen LogP contribution in [0, 0.1) is 6.92 Å². The van der Waals surface area contributed by atoms with E-state index < -0.39 is 0 Å². The van der Waals surface area contributed by atoms with E-state index in [1.807, 2.05) is 18.2 Å². The summed E-state index contributed by atoms with van der Waals surface area (Å²) in [5.74, 6) is 2.92. The number of benzene rings is 1. The predicted octanol–water partition coefficient (Wildman–Crippen LogP) is 2.24. The normalized spacial score (nSPS) is 15.1. The van der Waals surface area contributed by atoms with Crippen LogP contribution in [0.2, 0.25) is 0 Å². The number of aromatic nitrogens is 4. The van der Waals surface area contributed by atoms with Crippen LogP contribution in [0.25, 0.3) is 11.0 Å². The Hall–Kier alpha value is -2.37. The van der Waals surface area contributed by atoms with E-state index in [-0.39, 0.29) is 0 Å². The van der Waals surface area contributed by atoms with Gasteiger partial charge in [-0.25, -0.2) is 4.98 Å². The zero-order chi connectivity index (χ0) is 13.7. The van der Waals surface area contributed by atoms with Crippen molar-refractivity contribution in [2.75, 3.05) is 5.73 Å². The smallest absolute Gasteiger partial charge is 0.223 e. The fourth-order valence-electron chi connectivity index (χ4n) is 2.53. The van der Waals surface area contributed by atoms with E-state index >= 15 is 0 Å². The van der Waals surface area contributed by atoms with Gasteiger partial charge >= 0.3 is 0 Å². The SMILES string of the molecule is Cc1nc(Cn2c(C3CC3)nc3cc(N)ccc32)no1. The summed E-state index contributed by atoms with van der Waals surface area (Å²) in [7, 11) is 0. The number of hydrogen-bond donors (Lipinski definition) is 1. The van der Waals surface area contributed by atoms with Gasteiger partial charge in [0, 0.05) is 18.5 Å². The minimum Gasteiger partial charge on any atom is -0.399 e. The van der Waals surface area contributed by atoms with Gasteiger partial charge in [0.1, 0.15) is 5.82 Å². The Morgan fingerprint density at radius 2 is 2.20 bits per heavy atom. The van der Waals surface area contributed by atoms with Gasteiger partial charge in [-0.05, 0) is 31.0 Å². The molecular weight excluding hydrogens is 254 g/mol. The molecule has 0 spiro atoms. The first-order valence-corrected chi connectivity index (χ1v) is 6.75. The molecule has 1 aliphatic rings. The highest BCUT2D eigenvalue weighted by Gasteiger charge is 2.30. The van der Waals surface area contributed by atoms with Gasteiger partial charge in [0.05, 0.1) is 17.6 Å². The number of nitrogens with zero attached hydrogens (tertiary/aromatic N) is 4. The minimum absolute atomic E-state index is 0.552. The number of nitrogen functional groups attached to an aromatic ring is 1. The van der Waals surface area contributed by atoms with Crippen molar-refractivity contribution in [3.8, 4) is 0 Å². The first kappa shape index (κ1) is 11.5. The third-order valence-electron chi connectivity index (χ3n) is 3.61. The summed E-state index contributed by atoms with van der Waals surface area (Å²) in [5, 5.41) is 3.98. The van der Waals surface area contributed by atoms with Crippen LogP contribution in [0.3, 0.4) is 0 Å². The van der Waals surface area contributed by atoms with Crippen molar-refractivity contribution in [2.45, 2.75) is 32.2 Å². The second-order valence-electron chi connectivity index (χ2n) is 5.31. The summed E-state index contributed by atoms with van der Waals surface area (Å²) < 4.78 is 7.22. The largest absolute Gasteiger partial charge is 0.399 e. The maximum absolute atomic E-state index is 5.84. The number of anilines is 1. The Morgan fingerprint density at radius 3 is 2.90 bits per heavy atom. The lowest BCUT2D eigenvalue weighted by atomic mass is 10.3. The van der Waals surface area contributed by atoms with Crippen molar-refractivity contribution in [2.24, 2.45) is 0 Å². The first-order chi connectivity index (χ1) is 9.70. The molecule has 1 fully saturated rings. The highest BCUT2D eigenvalue weighted by atomic mass is 16.5. The van der Waals surface area contributed by atoms with Crippen molar-refractivity contribution in [1.29, 1.82) is 0 Å². The Kier molecular flexibility index (Phi) is 2.33. The molecule has 1 saturated carbocycles. The lowest BCUT2D eigenvalue weighted by molar-refractivity contribution is 0.386. The van der Waals surface area contributed by atoms with E-state index in [2.05, 4.69) is 14.7 Å². The van der Waals surface area contributed by atoms with E-state index in [0.717, 1.165) is 22.5 Å². The Balaban J connectivity index is 1.84. The molecule has 20 heavy (non-hydrogen) atoms. The van der Waals surface area contributed by atoms with Crippen LogP contribution in [-0.2, 0) is 6.54 Å². The molecule has 1 aliphatic carbocycles. The predicted molar refractivity (Wildman–Crippen MR) is 74.3 cm³/mol. The van der Waals surface area contributed by atoms with Gasteiger partial charge in [0.25, 0.3) is 0 Å². The van der Waals surface area contributed by atoms with Crippen LogP contribution in [0.1, 0.15) is 36.3 Å². The van der Waals surface area contributed by atoms with Gasteiger partial charge in [0.15, 0.2) is 5.82 Å². The zero-order valence-corrected chi connectivity index (χ0v) is 11.2.